The van der Waals surface area contributed by atoms with Gasteiger partial charge in [-0.3, -0.25) is 16.0 Å². The Bertz CT molecular complexity index is 231. The Morgan fingerprint density at radius 1 is 1.75 bits per heavy atom. The normalized spacial score (nSPS) is 13.2. The molecule has 0 aliphatic carbocycles. The Hall–Kier alpha value is -0.940. The lowest BCUT2D eigenvalue weighted by Crippen LogP contribution is -2.34. The van der Waals surface area contributed by atoms with E-state index in [9.17, 15) is 0 Å². The van der Waals surface area contributed by atoms with Crippen LogP contribution in [0.25, 0.3) is 0 Å². The van der Waals surface area contributed by atoms with E-state index in [4.69, 9.17) is 5.84 Å². The predicted molar refractivity (Wildman–Crippen MR) is 46.2 cm³/mol. The molecule has 1 aromatic rings. The molecule has 0 aliphatic heterocycles. The van der Waals surface area contributed by atoms with Gasteiger partial charge in [0.2, 0.25) is 0 Å². The average molecular weight is 169 g/mol. The van der Waals surface area contributed by atoms with Crippen molar-refractivity contribution in [2.24, 2.45) is 5.84 Å². The van der Waals surface area contributed by atoms with Gasteiger partial charge in [0, 0.05) is 19.0 Å². The highest BCUT2D eigenvalue weighted by molar-refractivity contribution is 4.87. The minimum Gasteiger partial charge on any atom is -0.271 e. The van der Waals surface area contributed by atoms with Crippen LogP contribution in [0.4, 0.5) is 0 Å². The van der Waals surface area contributed by atoms with Crippen LogP contribution < -0.4 is 11.3 Å². The van der Waals surface area contributed by atoms with Gasteiger partial charge in [-0.25, -0.2) is 4.98 Å². The summed E-state index contributed by atoms with van der Waals surface area (Å²) in [4.78, 5) is 4.13. The molecule has 68 valence electrons. The summed E-state index contributed by atoms with van der Waals surface area (Å²) >= 11 is 0. The molecule has 0 saturated heterocycles. The molecule has 1 rings (SSSR count). The minimum absolute atomic E-state index is 0.236. The van der Waals surface area contributed by atoms with Crippen LogP contribution in [0.1, 0.15) is 19.7 Å². The lowest BCUT2D eigenvalue weighted by atomic mass is 10.2. The second-order valence-corrected chi connectivity index (χ2v) is 2.76. The molecule has 0 bridgehead atoms. The summed E-state index contributed by atoms with van der Waals surface area (Å²) in [6.45, 7) is 4.90. The number of nitrogens with one attached hydrogen (secondary N) is 1. The van der Waals surface area contributed by atoms with E-state index in [1.165, 1.54) is 0 Å². The zero-order valence-corrected chi connectivity index (χ0v) is 7.49. The maximum atomic E-state index is 5.27. The van der Waals surface area contributed by atoms with Crippen molar-refractivity contribution in [1.82, 2.24) is 20.2 Å². The zero-order chi connectivity index (χ0) is 8.97. The van der Waals surface area contributed by atoms with Crippen LogP contribution in [-0.4, -0.2) is 20.8 Å². The van der Waals surface area contributed by atoms with Crippen LogP contribution in [0, 0.1) is 0 Å². The van der Waals surface area contributed by atoms with Gasteiger partial charge >= 0.3 is 0 Å². The molecule has 1 aromatic heterocycles. The van der Waals surface area contributed by atoms with Crippen LogP contribution >= 0.6 is 0 Å². The lowest BCUT2D eigenvalue weighted by Gasteiger charge is -2.08. The summed E-state index contributed by atoms with van der Waals surface area (Å²) in [5.41, 5.74) is 2.67. The van der Waals surface area contributed by atoms with Crippen molar-refractivity contribution in [3.63, 3.8) is 0 Å². The first-order valence-electron chi connectivity index (χ1n) is 4.10. The molecule has 12 heavy (non-hydrogen) atoms. The van der Waals surface area contributed by atoms with Crippen LogP contribution in [-0.2, 0) is 13.0 Å². The summed E-state index contributed by atoms with van der Waals surface area (Å²) in [6, 6.07) is 0.236. The van der Waals surface area contributed by atoms with Gasteiger partial charge in [-0.1, -0.05) is 0 Å². The van der Waals surface area contributed by atoms with Crippen molar-refractivity contribution < 1.29 is 0 Å². The lowest BCUT2D eigenvalue weighted by molar-refractivity contribution is 0.522. The second kappa shape index (κ2) is 4.18. The number of rotatable bonds is 4. The van der Waals surface area contributed by atoms with E-state index in [0.717, 1.165) is 18.8 Å². The van der Waals surface area contributed by atoms with Gasteiger partial charge in [-0.15, -0.1) is 0 Å². The van der Waals surface area contributed by atoms with Gasteiger partial charge in [-0.05, 0) is 13.8 Å². The third-order valence-corrected chi connectivity index (χ3v) is 1.77. The molecule has 0 amide bonds. The smallest absolute Gasteiger partial charge is 0.138 e. The first kappa shape index (κ1) is 9.15. The summed E-state index contributed by atoms with van der Waals surface area (Å²) < 4.78 is 1.87. The molecule has 0 aliphatic rings. The van der Waals surface area contributed by atoms with Crippen molar-refractivity contribution in [3.05, 3.63) is 12.2 Å². The van der Waals surface area contributed by atoms with Crippen LogP contribution in [0.5, 0.6) is 0 Å². The molecule has 1 heterocycles. The number of nitrogens with zero attached hydrogens (tertiary/aromatic N) is 3. The van der Waals surface area contributed by atoms with E-state index in [-0.39, 0.29) is 6.04 Å². The van der Waals surface area contributed by atoms with Gasteiger partial charge in [0.25, 0.3) is 0 Å². The summed E-state index contributed by atoms with van der Waals surface area (Å²) in [6.07, 6.45) is 2.38. The summed E-state index contributed by atoms with van der Waals surface area (Å²) in [5, 5.41) is 4.06. The molecule has 1 unspecified atom stereocenters. The maximum Gasteiger partial charge on any atom is 0.138 e. The van der Waals surface area contributed by atoms with Crippen molar-refractivity contribution in [3.8, 4) is 0 Å². The highest BCUT2D eigenvalue weighted by atomic mass is 15.3. The van der Waals surface area contributed by atoms with Crippen molar-refractivity contribution in [2.75, 3.05) is 0 Å². The first-order chi connectivity index (χ1) is 5.77. The maximum absolute atomic E-state index is 5.27. The Labute approximate surface area is 71.9 Å². The fourth-order valence-corrected chi connectivity index (χ4v) is 1.04. The molecule has 1 atom stereocenters. The Morgan fingerprint density at radius 3 is 3.08 bits per heavy atom. The van der Waals surface area contributed by atoms with Crippen LogP contribution in [0.2, 0.25) is 0 Å². The molecule has 0 fully saturated rings. The van der Waals surface area contributed by atoms with E-state index in [1.54, 1.807) is 6.33 Å². The van der Waals surface area contributed by atoms with Crippen LogP contribution in [0.3, 0.4) is 0 Å². The molecule has 5 nitrogen and oxygen atoms in total. The Kier molecular flexibility index (Phi) is 3.19. The van der Waals surface area contributed by atoms with Crippen LogP contribution in [0.15, 0.2) is 6.33 Å². The zero-order valence-electron chi connectivity index (χ0n) is 7.49. The second-order valence-electron chi connectivity index (χ2n) is 2.76. The number of nitrogens with two attached hydrogens (primary N) is 1. The van der Waals surface area contributed by atoms with Gasteiger partial charge in [0.05, 0.1) is 0 Å². The largest absolute Gasteiger partial charge is 0.271 e. The Morgan fingerprint density at radius 2 is 2.50 bits per heavy atom. The van der Waals surface area contributed by atoms with Crippen molar-refractivity contribution >= 4 is 0 Å². The topological polar surface area (TPSA) is 68.8 Å². The van der Waals surface area contributed by atoms with Crippen molar-refractivity contribution in [1.29, 1.82) is 0 Å². The molecular weight excluding hydrogens is 154 g/mol. The quantitative estimate of drug-likeness (QED) is 0.479. The third-order valence-electron chi connectivity index (χ3n) is 1.77. The number of aromatic nitrogens is 3. The SMILES string of the molecule is CCn1ncnc1CC(C)NN. The predicted octanol–water partition coefficient (Wildman–Crippen LogP) is -0.308. The average Bonchev–Trinajstić information content (AvgIpc) is 2.51. The summed E-state index contributed by atoms with van der Waals surface area (Å²) in [5.74, 6) is 6.25. The number of hydrazine groups is 1. The third kappa shape index (κ3) is 2.02. The molecule has 5 heteroatoms. The van der Waals surface area contributed by atoms with E-state index in [2.05, 4.69) is 15.5 Å². The van der Waals surface area contributed by atoms with Gasteiger partial charge in [0.15, 0.2) is 0 Å². The first-order valence-corrected chi connectivity index (χ1v) is 4.10. The molecule has 0 radical (unpaired) electrons. The highest BCUT2D eigenvalue weighted by Gasteiger charge is 2.06. The Balaban J connectivity index is 2.61. The molecule has 3 N–H and O–H groups in total. The standard InChI is InChI=1S/C7H15N5/c1-3-12-7(9-5-10-12)4-6(2)11-8/h5-6,11H,3-4,8H2,1-2H3. The number of hydrogen-bond acceptors (Lipinski definition) is 4. The van der Waals surface area contributed by atoms with Crippen molar-refractivity contribution in [2.45, 2.75) is 32.9 Å². The van der Waals surface area contributed by atoms with Gasteiger partial charge in [-0.2, -0.15) is 5.10 Å². The summed E-state index contributed by atoms with van der Waals surface area (Å²) in [7, 11) is 0. The molecule has 0 spiro atoms. The molecular formula is C7H15N5. The van der Waals surface area contributed by atoms with E-state index < -0.39 is 0 Å². The fraction of sp³-hybridized carbons (Fsp3) is 0.714. The number of aryl methyl sites for hydroxylation is 1. The van der Waals surface area contributed by atoms with E-state index >= 15 is 0 Å². The minimum atomic E-state index is 0.236. The molecule has 0 aromatic carbocycles. The van der Waals surface area contributed by atoms with Gasteiger partial charge in [0.1, 0.15) is 12.2 Å². The number of hydrogen-bond donors (Lipinski definition) is 2. The fourth-order valence-electron chi connectivity index (χ4n) is 1.04. The molecule has 0 saturated carbocycles. The van der Waals surface area contributed by atoms with E-state index in [0.29, 0.717) is 0 Å². The monoisotopic (exact) mass is 169 g/mol. The highest BCUT2D eigenvalue weighted by Crippen LogP contribution is 1.97. The van der Waals surface area contributed by atoms with E-state index in [1.807, 2.05) is 18.5 Å². The van der Waals surface area contributed by atoms with Gasteiger partial charge < -0.3 is 0 Å².